The molecule has 0 aliphatic heterocycles. The molecule has 2 aromatic rings. The van der Waals surface area contributed by atoms with Gasteiger partial charge in [-0.25, -0.2) is 4.99 Å². The number of hydrogen-bond acceptors (Lipinski definition) is 4. The Labute approximate surface area is 179 Å². The lowest BCUT2D eigenvalue weighted by Crippen LogP contribution is -2.40. The zero-order valence-electron chi connectivity index (χ0n) is 18.3. The molecule has 162 valence electrons. The molecular weight excluding hydrogens is 380 g/mol. The molecule has 2 N–H and O–H groups in total. The van der Waals surface area contributed by atoms with Crippen LogP contribution >= 0.6 is 0 Å². The zero-order valence-corrected chi connectivity index (χ0v) is 18.3. The minimum absolute atomic E-state index is 0.0404. The van der Waals surface area contributed by atoms with Crippen molar-refractivity contribution in [1.82, 2.24) is 15.5 Å². The third-order valence-electron chi connectivity index (χ3n) is 4.60. The molecular formula is C23H32N4O3. The number of benzene rings is 2. The SMILES string of the molecule is COc1ccc(CCNC(=NCC(=O)N(C)C)NCCc2ccc(OC)cc2)cc1. The van der Waals surface area contributed by atoms with Gasteiger partial charge in [0.15, 0.2) is 5.96 Å². The maximum absolute atomic E-state index is 11.9. The monoisotopic (exact) mass is 412 g/mol. The highest BCUT2D eigenvalue weighted by molar-refractivity contribution is 5.84. The van der Waals surface area contributed by atoms with E-state index in [0.717, 1.165) is 24.3 Å². The highest BCUT2D eigenvalue weighted by atomic mass is 16.5. The van der Waals surface area contributed by atoms with Crippen LogP contribution in [0.2, 0.25) is 0 Å². The van der Waals surface area contributed by atoms with E-state index in [2.05, 4.69) is 15.6 Å². The molecule has 7 nitrogen and oxygen atoms in total. The molecule has 0 saturated carbocycles. The first-order chi connectivity index (χ1) is 14.5. The van der Waals surface area contributed by atoms with Gasteiger partial charge in [-0.1, -0.05) is 24.3 Å². The van der Waals surface area contributed by atoms with E-state index >= 15 is 0 Å². The number of methoxy groups -OCH3 is 2. The van der Waals surface area contributed by atoms with Gasteiger partial charge >= 0.3 is 0 Å². The van der Waals surface area contributed by atoms with Gasteiger partial charge in [0.1, 0.15) is 18.0 Å². The lowest BCUT2D eigenvalue weighted by molar-refractivity contribution is -0.127. The summed E-state index contributed by atoms with van der Waals surface area (Å²) < 4.78 is 10.4. The summed E-state index contributed by atoms with van der Waals surface area (Å²) in [6.45, 7) is 1.51. The van der Waals surface area contributed by atoms with Crippen LogP contribution in [0.4, 0.5) is 0 Å². The summed E-state index contributed by atoms with van der Waals surface area (Å²) in [5.41, 5.74) is 2.40. The van der Waals surface area contributed by atoms with Crippen LogP contribution < -0.4 is 20.1 Å². The fourth-order valence-electron chi connectivity index (χ4n) is 2.70. The predicted molar refractivity (Wildman–Crippen MR) is 120 cm³/mol. The number of likely N-dealkylation sites (N-methyl/N-ethyl adjacent to an activating group) is 1. The molecule has 0 aliphatic carbocycles. The number of aliphatic imine (C=N–C) groups is 1. The average Bonchev–Trinajstić information content (AvgIpc) is 2.77. The maximum Gasteiger partial charge on any atom is 0.243 e. The van der Waals surface area contributed by atoms with Crippen molar-refractivity contribution in [2.75, 3.05) is 47.9 Å². The van der Waals surface area contributed by atoms with Crippen molar-refractivity contribution < 1.29 is 14.3 Å². The molecule has 30 heavy (non-hydrogen) atoms. The third-order valence-corrected chi connectivity index (χ3v) is 4.60. The van der Waals surface area contributed by atoms with Crippen LogP contribution in [0, 0.1) is 0 Å². The van der Waals surface area contributed by atoms with Crippen LogP contribution in [-0.4, -0.2) is 64.7 Å². The van der Waals surface area contributed by atoms with Crippen LogP contribution in [0.15, 0.2) is 53.5 Å². The maximum atomic E-state index is 11.9. The quantitative estimate of drug-likeness (QED) is 0.462. The highest BCUT2D eigenvalue weighted by Crippen LogP contribution is 2.12. The molecule has 2 aromatic carbocycles. The lowest BCUT2D eigenvalue weighted by atomic mass is 10.1. The molecule has 1 amide bonds. The van der Waals surface area contributed by atoms with Crippen molar-refractivity contribution in [1.29, 1.82) is 0 Å². The van der Waals surface area contributed by atoms with Gasteiger partial charge < -0.3 is 25.0 Å². The van der Waals surface area contributed by atoms with E-state index in [9.17, 15) is 4.79 Å². The topological polar surface area (TPSA) is 75.2 Å². The van der Waals surface area contributed by atoms with Crippen molar-refractivity contribution >= 4 is 11.9 Å². The Morgan fingerprint density at radius 1 is 0.833 bits per heavy atom. The number of guanidine groups is 1. The van der Waals surface area contributed by atoms with Gasteiger partial charge in [0.05, 0.1) is 14.2 Å². The summed E-state index contributed by atoms with van der Waals surface area (Å²) in [6.07, 6.45) is 1.68. The first-order valence-corrected chi connectivity index (χ1v) is 10.00. The van der Waals surface area contributed by atoms with Crippen molar-refractivity contribution in [2.45, 2.75) is 12.8 Å². The Bertz CT molecular complexity index is 747. The largest absolute Gasteiger partial charge is 0.497 e. The molecule has 0 spiro atoms. The highest BCUT2D eigenvalue weighted by Gasteiger charge is 2.05. The number of hydrogen-bond donors (Lipinski definition) is 2. The number of carbonyl (C=O) groups is 1. The summed E-state index contributed by atoms with van der Waals surface area (Å²) in [5, 5.41) is 6.63. The second kappa shape index (κ2) is 12.4. The van der Waals surface area contributed by atoms with Gasteiger partial charge in [0, 0.05) is 27.2 Å². The van der Waals surface area contributed by atoms with E-state index in [0.29, 0.717) is 19.0 Å². The summed E-state index contributed by atoms with van der Waals surface area (Å²) in [7, 11) is 6.77. The lowest BCUT2D eigenvalue weighted by Gasteiger charge is -2.14. The Balaban J connectivity index is 1.88. The van der Waals surface area contributed by atoms with Crippen molar-refractivity contribution in [2.24, 2.45) is 4.99 Å². The molecule has 0 heterocycles. The van der Waals surface area contributed by atoms with Gasteiger partial charge in [0.25, 0.3) is 0 Å². The zero-order chi connectivity index (χ0) is 21.8. The molecule has 0 radical (unpaired) electrons. The molecule has 0 aromatic heterocycles. The third kappa shape index (κ3) is 8.03. The van der Waals surface area contributed by atoms with Crippen LogP contribution in [0.5, 0.6) is 11.5 Å². The normalized spacial score (nSPS) is 10.1. The van der Waals surface area contributed by atoms with Crippen molar-refractivity contribution in [3.05, 3.63) is 59.7 Å². The molecule has 0 unspecified atom stereocenters. The average molecular weight is 413 g/mol. The fourth-order valence-corrected chi connectivity index (χ4v) is 2.70. The second-order valence-corrected chi connectivity index (χ2v) is 7.00. The van der Waals surface area contributed by atoms with Crippen LogP contribution in [-0.2, 0) is 17.6 Å². The van der Waals surface area contributed by atoms with Crippen LogP contribution in [0.1, 0.15) is 11.1 Å². The molecule has 7 heteroatoms. The Morgan fingerprint density at radius 2 is 1.27 bits per heavy atom. The minimum atomic E-state index is -0.0404. The van der Waals surface area contributed by atoms with Crippen LogP contribution in [0.25, 0.3) is 0 Å². The Hall–Kier alpha value is -3.22. The van der Waals surface area contributed by atoms with E-state index in [1.165, 1.54) is 16.0 Å². The molecule has 0 atom stereocenters. The van der Waals surface area contributed by atoms with Gasteiger partial charge in [-0.3, -0.25) is 4.79 Å². The summed E-state index contributed by atoms with van der Waals surface area (Å²) >= 11 is 0. The molecule has 0 fully saturated rings. The summed E-state index contributed by atoms with van der Waals surface area (Å²) in [5.74, 6) is 2.28. The molecule has 0 aliphatic rings. The fraction of sp³-hybridized carbons (Fsp3) is 0.391. The first kappa shape index (κ1) is 23.1. The smallest absolute Gasteiger partial charge is 0.243 e. The number of rotatable bonds is 10. The van der Waals surface area contributed by atoms with Gasteiger partial charge in [-0.2, -0.15) is 0 Å². The van der Waals surface area contributed by atoms with Crippen molar-refractivity contribution in [3.63, 3.8) is 0 Å². The summed E-state index contributed by atoms with van der Waals surface area (Å²) in [6, 6.07) is 16.0. The Kier molecular flexibility index (Phi) is 9.51. The Morgan fingerprint density at radius 3 is 1.63 bits per heavy atom. The molecule has 0 saturated heterocycles. The van der Waals surface area contributed by atoms with Gasteiger partial charge in [0.2, 0.25) is 5.91 Å². The van der Waals surface area contributed by atoms with Crippen molar-refractivity contribution in [3.8, 4) is 11.5 Å². The van der Waals surface area contributed by atoms with E-state index in [1.54, 1.807) is 28.3 Å². The second-order valence-electron chi connectivity index (χ2n) is 7.00. The standard InChI is InChI=1S/C23H32N4O3/c1-27(2)22(28)17-26-23(24-15-13-18-5-9-20(29-3)10-6-18)25-16-14-19-7-11-21(30-4)12-8-19/h5-12H,13-17H2,1-4H3,(H2,24,25,26). The molecule has 2 rings (SSSR count). The van der Waals surface area contributed by atoms with E-state index in [1.807, 2.05) is 48.5 Å². The first-order valence-electron chi connectivity index (χ1n) is 10.00. The number of ether oxygens (including phenoxy) is 2. The van der Waals surface area contributed by atoms with E-state index in [-0.39, 0.29) is 12.5 Å². The summed E-state index contributed by atoms with van der Waals surface area (Å²) in [4.78, 5) is 17.9. The van der Waals surface area contributed by atoms with Gasteiger partial charge in [-0.05, 0) is 48.2 Å². The van der Waals surface area contributed by atoms with E-state index < -0.39 is 0 Å². The number of amides is 1. The van der Waals surface area contributed by atoms with Crippen LogP contribution in [0.3, 0.4) is 0 Å². The number of nitrogens with zero attached hydrogens (tertiary/aromatic N) is 2. The minimum Gasteiger partial charge on any atom is -0.497 e. The number of nitrogens with one attached hydrogen (secondary N) is 2. The van der Waals surface area contributed by atoms with Gasteiger partial charge in [-0.15, -0.1) is 0 Å². The number of carbonyl (C=O) groups excluding carboxylic acids is 1. The molecule has 0 bridgehead atoms. The predicted octanol–water partition coefficient (Wildman–Crippen LogP) is 2.11. The van der Waals surface area contributed by atoms with E-state index in [4.69, 9.17) is 9.47 Å².